The second-order valence-corrected chi connectivity index (χ2v) is 3.53. The van der Waals surface area contributed by atoms with Crippen LogP contribution in [0.5, 0.6) is 5.75 Å². The average molecular weight is 314 g/mol. The molecule has 14 heavy (non-hydrogen) atoms. The molecule has 0 aliphatic heterocycles. The summed E-state index contributed by atoms with van der Waals surface area (Å²) in [6.45, 7) is 0. The van der Waals surface area contributed by atoms with Gasteiger partial charge in [-0.2, -0.15) is 0 Å². The monoisotopic (exact) mass is 314 g/mol. The fraction of sp³-hybridized carbons (Fsp3) is 0.125. The van der Waals surface area contributed by atoms with Crippen molar-refractivity contribution >= 4 is 28.6 Å². The van der Waals surface area contributed by atoms with Crippen LogP contribution < -0.4 is 0 Å². The van der Waals surface area contributed by atoms with Gasteiger partial charge in [0.2, 0.25) is 0 Å². The second kappa shape index (κ2) is 4.07. The third kappa shape index (κ3) is 1.79. The summed E-state index contributed by atoms with van der Waals surface area (Å²) < 4.78 is 30.1. The molecular weight excluding hydrogens is 309 g/mol. The fourth-order valence-electron chi connectivity index (χ4n) is 0.874. The second-order valence-electron chi connectivity index (χ2n) is 2.37. The van der Waals surface area contributed by atoms with E-state index in [0.29, 0.717) is 0 Å². The molecule has 1 N–H and O–H groups in total. The molecule has 0 atom stereocenters. The molecule has 0 heterocycles. The minimum Gasteiger partial charge on any atom is -0.506 e. The zero-order valence-corrected chi connectivity index (χ0v) is 9.13. The minimum atomic E-state index is -1.41. The maximum Gasteiger partial charge on any atom is 0.344 e. The van der Waals surface area contributed by atoms with Gasteiger partial charge >= 0.3 is 5.97 Å². The number of ether oxygens (including phenoxy) is 1. The van der Waals surface area contributed by atoms with Gasteiger partial charge in [-0.25, -0.2) is 13.6 Å². The van der Waals surface area contributed by atoms with Crippen LogP contribution in [0, 0.1) is 15.2 Å². The van der Waals surface area contributed by atoms with Crippen LogP contribution in [0.1, 0.15) is 10.4 Å². The number of aromatic hydroxyl groups is 1. The number of halogens is 3. The Morgan fingerprint density at radius 1 is 1.57 bits per heavy atom. The van der Waals surface area contributed by atoms with E-state index in [1.54, 1.807) is 22.6 Å². The lowest BCUT2D eigenvalue weighted by molar-refractivity contribution is 0.0590. The third-order valence-electron chi connectivity index (χ3n) is 1.54. The number of phenols is 1. The number of esters is 1. The molecule has 0 aromatic heterocycles. The van der Waals surface area contributed by atoms with Crippen molar-refractivity contribution in [2.24, 2.45) is 0 Å². The minimum absolute atomic E-state index is 0.0434. The molecule has 0 bridgehead atoms. The third-order valence-corrected chi connectivity index (χ3v) is 2.36. The zero-order chi connectivity index (χ0) is 10.9. The largest absolute Gasteiger partial charge is 0.506 e. The van der Waals surface area contributed by atoms with Gasteiger partial charge in [-0.05, 0) is 28.7 Å². The summed E-state index contributed by atoms with van der Waals surface area (Å²) >= 11 is 1.58. The van der Waals surface area contributed by atoms with Gasteiger partial charge in [0.25, 0.3) is 0 Å². The van der Waals surface area contributed by atoms with Gasteiger partial charge in [-0.3, -0.25) is 0 Å². The Labute approximate surface area is 91.8 Å². The molecule has 6 heteroatoms. The van der Waals surface area contributed by atoms with Crippen molar-refractivity contribution in [3.63, 3.8) is 0 Å². The van der Waals surface area contributed by atoms with Gasteiger partial charge in [-0.15, -0.1) is 0 Å². The van der Waals surface area contributed by atoms with E-state index in [1.165, 1.54) is 0 Å². The number of benzene rings is 1. The number of hydrogen-bond acceptors (Lipinski definition) is 3. The molecular formula is C8H5F2IO3. The summed E-state index contributed by atoms with van der Waals surface area (Å²) in [5, 5.41) is 9.29. The summed E-state index contributed by atoms with van der Waals surface area (Å²) in [5.41, 5.74) is -0.781. The first-order valence-corrected chi connectivity index (χ1v) is 4.51. The van der Waals surface area contributed by atoms with Crippen LogP contribution in [0.3, 0.4) is 0 Å². The highest BCUT2D eigenvalue weighted by atomic mass is 127. The SMILES string of the molecule is COC(=O)c1c(O)c(I)cc(F)c1F. The van der Waals surface area contributed by atoms with Gasteiger partial charge in [0, 0.05) is 0 Å². The standard InChI is InChI=1S/C8H5F2IO3/c1-14-8(13)5-6(10)3(9)2-4(11)7(5)12/h2,12H,1H3. The molecule has 1 rings (SSSR count). The van der Waals surface area contributed by atoms with E-state index < -0.39 is 28.9 Å². The topological polar surface area (TPSA) is 46.5 Å². The summed E-state index contributed by atoms with van der Waals surface area (Å²) in [7, 11) is 1.01. The highest BCUT2D eigenvalue weighted by molar-refractivity contribution is 14.1. The van der Waals surface area contributed by atoms with Crippen LogP contribution >= 0.6 is 22.6 Å². The first-order valence-electron chi connectivity index (χ1n) is 3.43. The molecule has 0 saturated heterocycles. The van der Waals surface area contributed by atoms with Crippen LogP contribution in [0.25, 0.3) is 0 Å². The fourth-order valence-corrected chi connectivity index (χ4v) is 1.42. The van der Waals surface area contributed by atoms with Crippen molar-refractivity contribution in [2.45, 2.75) is 0 Å². The van der Waals surface area contributed by atoms with E-state index in [-0.39, 0.29) is 3.57 Å². The van der Waals surface area contributed by atoms with E-state index >= 15 is 0 Å². The smallest absolute Gasteiger partial charge is 0.344 e. The molecule has 1 aromatic carbocycles. The van der Waals surface area contributed by atoms with Gasteiger partial charge in [0.15, 0.2) is 11.6 Å². The maximum absolute atomic E-state index is 13.0. The summed E-state index contributed by atoms with van der Waals surface area (Å²) in [6.07, 6.45) is 0. The van der Waals surface area contributed by atoms with E-state index in [9.17, 15) is 18.7 Å². The highest BCUT2D eigenvalue weighted by Crippen LogP contribution is 2.29. The molecule has 0 aliphatic carbocycles. The Bertz CT molecular complexity index is 366. The Morgan fingerprint density at radius 2 is 2.14 bits per heavy atom. The van der Waals surface area contributed by atoms with Crippen molar-refractivity contribution in [3.05, 3.63) is 26.8 Å². The van der Waals surface area contributed by atoms with Gasteiger partial charge in [-0.1, -0.05) is 0 Å². The Hall–Kier alpha value is -0.920. The predicted octanol–water partition coefficient (Wildman–Crippen LogP) is 2.06. The maximum atomic E-state index is 13.0. The van der Waals surface area contributed by atoms with Crippen molar-refractivity contribution in [2.75, 3.05) is 7.11 Å². The first-order chi connectivity index (χ1) is 6.49. The molecule has 0 radical (unpaired) electrons. The van der Waals surface area contributed by atoms with Gasteiger partial charge < -0.3 is 9.84 Å². The van der Waals surface area contributed by atoms with Crippen LogP contribution in [0.15, 0.2) is 6.07 Å². The van der Waals surface area contributed by atoms with Crippen molar-refractivity contribution in [1.29, 1.82) is 0 Å². The van der Waals surface area contributed by atoms with E-state index in [1.807, 2.05) is 0 Å². The lowest BCUT2D eigenvalue weighted by atomic mass is 10.2. The Balaban J connectivity index is 3.47. The molecule has 0 aliphatic rings. The Kier molecular flexibility index (Phi) is 3.25. The lowest BCUT2D eigenvalue weighted by Gasteiger charge is -2.06. The molecule has 0 fully saturated rings. The molecule has 3 nitrogen and oxygen atoms in total. The first kappa shape index (κ1) is 11.2. The summed E-state index contributed by atoms with van der Waals surface area (Å²) in [5.74, 6) is -4.34. The van der Waals surface area contributed by atoms with Gasteiger partial charge in [0.05, 0.1) is 10.7 Å². The van der Waals surface area contributed by atoms with Crippen LogP contribution in [-0.2, 0) is 4.74 Å². The zero-order valence-electron chi connectivity index (χ0n) is 6.97. The van der Waals surface area contributed by atoms with Crippen molar-refractivity contribution < 1.29 is 23.4 Å². The Morgan fingerprint density at radius 3 is 2.64 bits per heavy atom. The predicted molar refractivity (Wildman–Crippen MR) is 52.1 cm³/mol. The molecule has 0 amide bonds. The number of carbonyl (C=O) groups excluding carboxylic acids is 1. The number of hydrogen-bond donors (Lipinski definition) is 1. The average Bonchev–Trinajstić information content (AvgIpc) is 2.15. The van der Waals surface area contributed by atoms with E-state index in [4.69, 9.17) is 0 Å². The van der Waals surface area contributed by atoms with Crippen LogP contribution in [0.2, 0.25) is 0 Å². The quantitative estimate of drug-likeness (QED) is 0.490. The van der Waals surface area contributed by atoms with Crippen molar-refractivity contribution in [1.82, 2.24) is 0 Å². The number of phenolic OH excluding ortho intramolecular Hbond substituents is 1. The molecule has 1 aromatic rings. The van der Waals surface area contributed by atoms with E-state index in [2.05, 4.69) is 4.74 Å². The molecule has 0 unspecified atom stereocenters. The summed E-state index contributed by atoms with van der Waals surface area (Å²) in [6, 6.07) is 0.789. The lowest BCUT2D eigenvalue weighted by Crippen LogP contribution is -2.07. The number of methoxy groups -OCH3 is 1. The van der Waals surface area contributed by atoms with Gasteiger partial charge in [0.1, 0.15) is 11.3 Å². The molecule has 76 valence electrons. The van der Waals surface area contributed by atoms with Crippen LogP contribution in [-0.4, -0.2) is 18.2 Å². The number of carbonyl (C=O) groups is 1. The van der Waals surface area contributed by atoms with Crippen LogP contribution in [0.4, 0.5) is 8.78 Å². The summed E-state index contributed by atoms with van der Waals surface area (Å²) in [4.78, 5) is 11.0. The highest BCUT2D eigenvalue weighted by Gasteiger charge is 2.23. The molecule has 0 saturated carbocycles. The van der Waals surface area contributed by atoms with Crippen molar-refractivity contribution in [3.8, 4) is 5.75 Å². The number of rotatable bonds is 1. The molecule has 0 spiro atoms. The van der Waals surface area contributed by atoms with E-state index in [0.717, 1.165) is 13.2 Å². The normalized spacial score (nSPS) is 10.0.